The maximum atomic E-state index is 13.8. The highest BCUT2D eigenvalue weighted by Gasteiger charge is 2.53. The lowest BCUT2D eigenvalue weighted by molar-refractivity contribution is -0.300. The molecule has 1 saturated heterocycles. The minimum Gasteiger partial charge on any atom is -0.454 e. The molecule has 2 rings (SSSR count). The van der Waals surface area contributed by atoms with Crippen molar-refractivity contribution < 1.29 is 52.8 Å². The molecule has 0 bridgehead atoms. The first-order valence-electron chi connectivity index (χ1n) is 17.1. The minimum absolute atomic E-state index is 0.0689. The summed E-state index contributed by atoms with van der Waals surface area (Å²) in [5.41, 5.74) is 0.394. The molecule has 278 valence electrons. The Morgan fingerprint density at radius 1 is 0.820 bits per heavy atom. The van der Waals surface area contributed by atoms with Crippen molar-refractivity contribution in [2.45, 2.75) is 95.9 Å². The van der Waals surface area contributed by atoms with Crippen LogP contribution in [0.4, 0.5) is 10.5 Å². The molecular weight excluding hydrogens is 650 g/mol. The molecule has 7 atom stereocenters. The number of hydrogen-bond acceptors (Lipinski definition) is 11. The number of para-hydroxylation sites is 1. The highest BCUT2D eigenvalue weighted by molar-refractivity contribution is 5.85. The van der Waals surface area contributed by atoms with Gasteiger partial charge in [-0.3, -0.25) is 24.5 Å². The minimum atomic E-state index is -1.58. The van der Waals surface area contributed by atoms with E-state index in [2.05, 4.69) is 29.1 Å². The Balaban J connectivity index is 2.46. The fourth-order valence-electron chi connectivity index (χ4n) is 5.20. The van der Waals surface area contributed by atoms with Gasteiger partial charge in [-0.25, -0.2) is 4.79 Å². The lowest BCUT2D eigenvalue weighted by Gasteiger charge is -2.44. The highest BCUT2D eigenvalue weighted by Crippen LogP contribution is 2.31. The van der Waals surface area contributed by atoms with Crippen LogP contribution in [0.3, 0.4) is 0 Å². The van der Waals surface area contributed by atoms with Crippen molar-refractivity contribution in [1.82, 2.24) is 10.6 Å². The summed E-state index contributed by atoms with van der Waals surface area (Å²) < 4.78 is 28.8. The number of amides is 3. The molecule has 50 heavy (non-hydrogen) atoms. The van der Waals surface area contributed by atoms with Crippen LogP contribution in [0.5, 0.6) is 0 Å². The fourth-order valence-corrected chi connectivity index (χ4v) is 5.20. The predicted molar refractivity (Wildman–Crippen MR) is 185 cm³/mol. The zero-order chi connectivity index (χ0) is 36.9. The van der Waals surface area contributed by atoms with Crippen molar-refractivity contribution in [1.29, 1.82) is 0 Å². The maximum absolute atomic E-state index is 13.8. The van der Waals surface area contributed by atoms with Gasteiger partial charge in [-0.05, 0) is 37.8 Å². The molecule has 0 saturated carbocycles. The van der Waals surface area contributed by atoms with Crippen molar-refractivity contribution in [2.75, 3.05) is 32.1 Å². The normalized spacial score (nSPS) is 21.1. The third-order valence-electron chi connectivity index (χ3n) is 7.91. The molecule has 1 aromatic rings. The smallest absolute Gasteiger partial charge is 0.412 e. The van der Waals surface area contributed by atoms with Gasteiger partial charge in [0.1, 0.15) is 6.10 Å². The van der Waals surface area contributed by atoms with Crippen LogP contribution in [0, 0.1) is 11.8 Å². The average Bonchev–Trinajstić information content (AvgIpc) is 3.09. The Hall–Kier alpha value is -4.27. The number of anilines is 1. The quantitative estimate of drug-likeness (QED) is 0.0596. The second-order valence-electron chi connectivity index (χ2n) is 11.9. The van der Waals surface area contributed by atoms with Crippen LogP contribution < -0.4 is 16.0 Å². The van der Waals surface area contributed by atoms with E-state index in [1.54, 1.807) is 30.3 Å². The van der Waals surface area contributed by atoms with Gasteiger partial charge < -0.3 is 39.4 Å². The number of ether oxygens (including phenoxy) is 5. The average molecular weight is 704 g/mol. The van der Waals surface area contributed by atoms with Gasteiger partial charge in [0.2, 0.25) is 11.8 Å². The molecule has 0 aromatic heterocycles. The molecule has 0 aliphatic carbocycles. The van der Waals surface area contributed by atoms with Gasteiger partial charge in [-0.2, -0.15) is 0 Å². The van der Waals surface area contributed by atoms with Crippen molar-refractivity contribution >= 4 is 35.5 Å². The monoisotopic (exact) mass is 703 g/mol. The van der Waals surface area contributed by atoms with E-state index >= 15 is 0 Å². The van der Waals surface area contributed by atoms with Crippen LogP contribution in [0.25, 0.3) is 0 Å². The molecule has 4 N–H and O–H groups in total. The van der Waals surface area contributed by atoms with Gasteiger partial charge >= 0.3 is 18.0 Å². The second kappa shape index (κ2) is 23.2. The van der Waals surface area contributed by atoms with E-state index in [0.29, 0.717) is 18.8 Å². The van der Waals surface area contributed by atoms with E-state index in [4.69, 9.17) is 23.7 Å². The van der Waals surface area contributed by atoms with Crippen molar-refractivity contribution in [3.63, 3.8) is 0 Å². The van der Waals surface area contributed by atoms with Crippen molar-refractivity contribution in [3.8, 4) is 0 Å². The number of esters is 2. The lowest BCUT2D eigenvalue weighted by atomic mass is 9.96. The number of carbonyl (C=O) groups is 5. The van der Waals surface area contributed by atoms with Crippen LogP contribution in [0.15, 0.2) is 55.6 Å². The summed E-state index contributed by atoms with van der Waals surface area (Å²) in [7, 11) is 1.26. The number of hydrogen-bond donors (Lipinski definition) is 4. The van der Waals surface area contributed by atoms with Gasteiger partial charge in [0, 0.05) is 38.7 Å². The van der Waals surface area contributed by atoms with Crippen LogP contribution in [-0.2, 0) is 42.9 Å². The lowest BCUT2D eigenvalue weighted by Crippen LogP contribution is -2.63. The number of aliphatic hydroxyl groups is 1. The Bertz CT molecular complexity index is 1240. The SMILES string of the molecule is C=CC[C@H](CC(=O)NCCCC)C(=O)O[C@@H]1[C@@H](OC(=O)[C@H](CC=C)CC(=O)NCCCC)[C@@H](OC)O[C@H](CO)[C@H]1OC(=O)Nc1ccccc1. The number of aliphatic hydroxyl groups excluding tert-OH is 1. The maximum Gasteiger partial charge on any atom is 0.412 e. The third-order valence-corrected chi connectivity index (χ3v) is 7.91. The molecule has 0 unspecified atom stereocenters. The first-order valence-corrected chi connectivity index (χ1v) is 17.1. The van der Waals surface area contributed by atoms with E-state index < -0.39 is 67.2 Å². The standard InChI is InChI=1S/C36H53N3O11/c1-6-10-19-37-28(41)21-24(15-8-3)33(43)48-31-30(50-36(45)39-26-17-13-12-14-18-26)27(23-40)47-35(46-5)32(31)49-34(44)25(16-9-4)22-29(42)38-20-11-7-2/h8-9,12-14,17-18,24-25,27,30-32,35,40H,3-4,6-7,10-11,15-16,19-23H2,1-2,5H3,(H,37,41)(H,38,42)(H,39,45)/t24-,25-,27-,30-,31+,32-,35+/m1/s1. The summed E-state index contributed by atoms with van der Waals surface area (Å²) in [6, 6.07) is 8.39. The summed E-state index contributed by atoms with van der Waals surface area (Å²) in [4.78, 5) is 65.8. The first-order chi connectivity index (χ1) is 24.1. The number of nitrogens with one attached hydrogen (secondary N) is 3. The highest BCUT2D eigenvalue weighted by atomic mass is 16.7. The molecule has 0 radical (unpaired) electrons. The Labute approximate surface area is 294 Å². The Morgan fingerprint density at radius 3 is 1.80 bits per heavy atom. The number of rotatable bonds is 22. The van der Waals surface area contributed by atoms with E-state index in [1.807, 2.05) is 13.8 Å². The third kappa shape index (κ3) is 13.9. The number of unbranched alkanes of at least 4 members (excludes halogenated alkanes) is 2. The van der Waals surface area contributed by atoms with Crippen molar-refractivity contribution in [2.24, 2.45) is 11.8 Å². The van der Waals surface area contributed by atoms with E-state index in [1.165, 1.54) is 19.3 Å². The predicted octanol–water partition coefficient (Wildman–Crippen LogP) is 3.79. The van der Waals surface area contributed by atoms with Gasteiger partial charge in [-0.1, -0.05) is 57.0 Å². The number of methoxy groups -OCH3 is 1. The van der Waals surface area contributed by atoms with Crippen LogP contribution in [0.1, 0.15) is 65.2 Å². The molecule has 14 nitrogen and oxygen atoms in total. The second-order valence-corrected chi connectivity index (χ2v) is 11.9. The molecular formula is C36H53N3O11. The van der Waals surface area contributed by atoms with E-state index in [0.717, 1.165) is 25.7 Å². The van der Waals surface area contributed by atoms with E-state index in [9.17, 15) is 29.1 Å². The molecule has 3 amide bonds. The first kappa shape index (κ1) is 41.9. The summed E-state index contributed by atoms with van der Waals surface area (Å²) >= 11 is 0. The van der Waals surface area contributed by atoms with Gasteiger partial charge in [0.15, 0.2) is 24.6 Å². The molecule has 1 aliphatic rings. The topological polar surface area (TPSA) is 188 Å². The summed E-state index contributed by atoms with van der Waals surface area (Å²) in [6.45, 7) is 11.5. The Kier molecular flexibility index (Phi) is 19.4. The van der Waals surface area contributed by atoms with Crippen molar-refractivity contribution in [3.05, 3.63) is 55.6 Å². The van der Waals surface area contributed by atoms with Gasteiger partial charge in [0.25, 0.3) is 0 Å². The number of carbonyl (C=O) groups excluding carboxylic acids is 5. The fraction of sp³-hybridized carbons (Fsp3) is 0.583. The molecule has 1 aromatic carbocycles. The summed E-state index contributed by atoms with van der Waals surface area (Å²) in [5, 5.41) is 18.4. The zero-order valence-electron chi connectivity index (χ0n) is 29.3. The van der Waals surface area contributed by atoms with Crippen LogP contribution in [-0.4, -0.2) is 92.5 Å². The number of allylic oxidation sites excluding steroid dienone is 2. The van der Waals surface area contributed by atoms with E-state index in [-0.39, 0.29) is 37.5 Å². The van der Waals surface area contributed by atoms with Gasteiger partial charge in [0.05, 0.1) is 18.4 Å². The zero-order valence-corrected chi connectivity index (χ0v) is 29.3. The van der Waals surface area contributed by atoms with Gasteiger partial charge in [-0.15, -0.1) is 13.2 Å². The molecule has 1 fully saturated rings. The number of benzene rings is 1. The largest absolute Gasteiger partial charge is 0.454 e. The molecule has 1 aliphatic heterocycles. The summed E-state index contributed by atoms with van der Waals surface area (Å²) in [5.74, 6) is -4.43. The van der Waals surface area contributed by atoms with Crippen LogP contribution in [0.2, 0.25) is 0 Å². The molecule has 1 heterocycles. The molecule has 14 heteroatoms. The Morgan fingerprint density at radius 2 is 1.34 bits per heavy atom. The summed E-state index contributed by atoms with van der Waals surface area (Å²) in [6.07, 6.45) is -2.38. The van der Waals surface area contributed by atoms with Crippen LogP contribution >= 0.6 is 0 Å². The molecule has 0 spiro atoms.